The molecule has 0 radical (unpaired) electrons. The molecule has 46 heavy (non-hydrogen) atoms. The fourth-order valence-electron chi connectivity index (χ4n) is 6.04. The van der Waals surface area contributed by atoms with Gasteiger partial charge in [-0.3, -0.25) is 24.2 Å². The maximum absolute atomic E-state index is 12.5. The van der Waals surface area contributed by atoms with E-state index in [1.54, 1.807) is 19.2 Å². The number of aryl methyl sites for hydroxylation is 2. The number of amides is 2. The first-order chi connectivity index (χ1) is 21.9. The zero-order valence-corrected chi connectivity index (χ0v) is 29.6. The van der Waals surface area contributed by atoms with E-state index < -0.39 is 0 Å². The van der Waals surface area contributed by atoms with E-state index in [2.05, 4.69) is 89.4 Å². The van der Waals surface area contributed by atoms with Gasteiger partial charge in [-0.2, -0.15) is 5.10 Å². The number of hydrogen-bond acceptors (Lipinski definition) is 5. The van der Waals surface area contributed by atoms with Gasteiger partial charge in [0.1, 0.15) is 7.05 Å². The molecule has 250 valence electrons. The third kappa shape index (κ3) is 10.6. The zero-order valence-electron chi connectivity index (χ0n) is 29.6. The predicted molar refractivity (Wildman–Crippen MR) is 190 cm³/mol. The fourth-order valence-corrected chi connectivity index (χ4v) is 6.04. The van der Waals surface area contributed by atoms with E-state index in [1.165, 1.54) is 42.5 Å². The van der Waals surface area contributed by atoms with Gasteiger partial charge >= 0.3 is 0 Å². The molecule has 2 N–H and O–H groups in total. The van der Waals surface area contributed by atoms with Crippen LogP contribution in [0.3, 0.4) is 0 Å². The molecule has 1 atom stereocenters. The molecule has 0 bridgehead atoms. The molecule has 9 nitrogen and oxygen atoms in total. The van der Waals surface area contributed by atoms with Crippen LogP contribution in [0.25, 0.3) is 5.57 Å². The standard InChI is InChI=1S/C23H36N4O2.C14H20N3/c1-6-9-17(4)23(29)26-21-14-19(15-24-18(21)5)25-22(28)12-13-27(16(2)3)20-10-7-8-11-20;1-5-14-7-6-12(8-11(2)17(14)4)13-9-15-16(3)10-13/h9,14-16,20H,6-8,10-13H2,1-5H3,(H,25,28)(H,26,29);6-10,14H,5H2,1-4H3/q;+1/b17-9-;. The Bertz CT molecular complexity index is 1460. The molecule has 2 amide bonds. The topological polar surface area (TPSA) is 95.2 Å². The van der Waals surface area contributed by atoms with Gasteiger partial charge in [-0.15, -0.1) is 0 Å². The van der Waals surface area contributed by atoms with Crippen molar-refractivity contribution in [1.29, 1.82) is 0 Å². The number of likely N-dealkylation sites (N-methyl/N-ethyl adjacent to an activating group) is 1. The van der Waals surface area contributed by atoms with E-state index in [0.29, 0.717) is 47.2 Å². The summed E-state index contributed by atoms with van der Waals surface area (Å²) in [6, 6.07) is 3.30. The molecule has 2 aromatic heterocycles. The first-order valence-corrected chi connectivity index (χ1v) is 16.9. The lowest BCUT2D eigenvalue weighted by atomic mass is 10.1. The Kier molecular flexibility index (Phi) is 14.1. The number of allylic oxidation sites excluding steroid dienone is 4. The number of pyridine rings is 1. The minimum atomic E-state index is -0.149. The third-order valence-electron chi connectivity index (χ3n) is 8.91. The van der Waals surface area contributed by atoms with Crippen molar-refractivity contribution in [3.05, 3.63) is 65.8 Å². The van der Waals surface area contributed by atoms with Crippen LogP contribution in [-0.4, -0.2) is 73.5 Å². The summed E-state index contributed by atoms with van der Waals surface area (Å²) in [6.45, 7) is 15.2. The van der Waals surface area contributed by atoms with Gasteiger partial charge in [-0.05, 0) is 64.7 Å². The summed E-state index contributed by atoms with van der Waals surface area (Å²) in [4.78, 5) is 31.5. The Morgan fingerprint density at radius 2 is 1.87 bits per heavy atom. The van der Waals surface area contributed by atoms with Crippen molar-refractivity contribution in [2.24, 2.45) is 7.05 Å². The molecule has 2 aromatic rings. The lowest BCUT2D eigenvalue weighted by molar-refractivity contribution is -0.525. The molecular formula is C37H56N7O2+. The van der Waals surface area contributed by atoms with Crippen molar-refractivity contribution in [2.75, 3.05) is 24.2 Å². The number of carbonyl (C=O) groups is 2. The summed E-state index contributed by atoms with van der Waals surface area (Å²) < 4.78 is 4.16. The van der Waals surface area contributed by atoms with Gasteiger partial charge in [0, 0.05) is 68.9 Å². The summed E-state index contributed by atoms with van der Waals surface area (Å²) in [6.07, 6.45) is 21.6. The molecule has 3 heterocycles. The van der Waals surface area contributed by atoms with Crippen molar-refractivity contribution in [2.45, 2.75) is 112 Å². The first kappa shape index (κ1) is 36.6. The Hall–Kier alpha value is -3.85. The molecule has 4 rings (SSSR count). The largest absolute Gasteiger partial charge is 0.325 e. The van der Waals surface area contributed by atoms with Crippen LogP contribution in [-0.2, 0) is 16.6 Å². The maximum atomic E-state index is 12.5. The maximum Gasteiger partial charge on any atom is 0.251 e. The van der Waals surface area contributed by atoms with E-state index in [1.807, 2.05) is 37.8 Å². The van der Waals surface area contributed by atoms with Crippen LogP contribution in [0.4, 0.5) is 11.4 Å². The second-order valence-electron chi connectivity index (χ2n) is 12.8. The van der Waals surface area contributed by atoms with E-state index in [0.717, 1.165) is 19.4 Å². The average Bonchev–Trinajstić information content (AvgIpc) is 3.68. The molecule has 0 saturated heterocycles. The number of rotatable bonds is 11. The van der Waals surface area contributed by atoms with E-state index in [4.69, 9.17) is 0 Å². The Balaban J connectivity index is 0.000000286. The van der Waals surface area contributed by atoms with Crippen molar-refractivity contribution < 1.29 is 14.2 Å². The highest BCUT2D eigenvalue weighted by molar-refractivity contribution is 6.04. The van der Waals surface area contributed by atoms with Crippen molar-refractivity contribution in [1.82, 2.24) is 19.7 Å². The molecule has 2 aliphatic rings. The van der Waals surface area contributed by atoms with Crippen molar-refractivity contribution in [3.63, 3.8) is 0 Å². The molecule has 1 aliphatic heterocycles. The van der Waals surface area contributed by atoms with Gasteiger partial charge in [0.05, 0.1) is 29.5 Å². The van der Waals surface area contributed by atoms with Crippen LogP contribution in [0.15, 0.2) is 54.5 Å². The van der Waals surface area contributed by atoms with Crippen LogP contribution >= 0.6 is 0 Å². The number of anilines is 2. The Morgan fingerprint density at radius 3 is 2.48 bits per heavy atom. The van der Waals surface area contributed by atoms with Crippen LogP contribution in [0.1, 0.15) is 97.7 Å². The Morgan fingerprint density at radius 1 is 1.15 bits per heavy atom. The quantitative estimate of drug-likeness (QED) is 0.208. The van der Waals surface area contributed by atoms with Gasteiger partial charge in [0.15, 0.2) is 11.8 Å². The zero-order chi connectivity index (χ0) is 33.8. The lowest BCUT2D eigenvalue weighted by Crippen LogP contribution is -2.40. The summed E-state index contributed by atoms with van der Waals surface area (Å²) >= 11 is 0. The lowest BCUT2D eigenvalue weighted by Gasteiger charge is -2.32. The summed E-state index contributed by atoms with van der Waals surface area (Å²) in [5, 5.41) is 10.0. The average molecular weight is 631 g/mol. The summed E-state index contributed by atoms with van der Waals surface area (Å²) in [5.41, 5.74) is 6.30. The minimum Gasteiger partial charge on any atom is -0.325 e. The van der Waals surface area contributed by atoms with Crippen LogP contribution < -0.4 is 10.6 Å². The minimum absolute atomic E-state index is 0.0290. The molecule has 9 heteroatoms. The third-order valence-corrected chi connectivity index (χ3v) is 8.91. The number of aromatic nitrogens is 3. The SMILES string of the molecule is CC/C=C(/C)C(=O)Nc1cc(NC(=O)CCN(C(C)C)C2CCCC2)cnc1C.CCC1C=CC(c2cnn(C)c2)=CC(C)=[N+]1C. The van der Waals surface area contributed by atoms with E-state index in [-0.39, 0.29) is 11.8 Å². The van der Waals surface area contributed by atoms with Crippen LogP contribution in [0, 0.1) is 6.92 Å². The monoisotopic (exact) mass is 630 g/mol. The number of nitrogens with zero attached hydrogens (tertiary/aromatic N) is 5. The molecule has 0 aromatic carbocycles. The molecular weight excluding hydrogens is 574 g/mol. The van der Waals surface area contributed by atoms with Gasteiger partial charge in [0.25, 0.3) is 5.91 Å². The molecule has 0 spiro atoms. The second-order valence-corrected chi connectivity index (χ2v) is 12.8. The highest BCUT2D eigenvalue weighted by Crippen LogP contribution is 2.25. The molecule has 1 aliphatic carbocycles. The number of carbonyl (C=O) groups excluding carboxylic acids is 2. The van der Waals surface area contributed by atoms with E-state index >= 15 is 0 Å². The van der Waals surface area contributed by atoms with Crippen LogP contribution in [0.2, 0.25) is 0 Å². The van der Waals surface area contributed by atoms with Crippen molar-refractivity contribution >= 4 is 34.5 Å². The second kappa shape index (κ2) is 17.7. The number of nitrogens with one attached hydrogen (secondary N) is 2. The smallest absolute Gasteiger partial charge is 0.251 e. The van der Waals surface area contributed by atoms with Crippen molar-refractivity contribution in [3.8, 4) is 0 Å². The van der Waals surface area contributed by atoms with E-state index in [9.17, 15) is 9.59 Å². The predicted octanol–water partition coefficient (Wildman–Crippen LogP) is 6.92. The highest BCUT2D eigenvalue weighted by Gasteiger charge is 2.25. The molecule has 1 unspecified atom stereocenters. The highest BCUT2D eigenvalue weighted by atomic mass is 16.2. The Labute approximate surface area is 276 Å². The first-order valence-electron chi connectivity index (χ1n) is 16.9. The van der Waals surface area contributed by atoms with Gasteiger partial charge in [0.2, 0.25) is 5.91 Å². The van der Waals surface area contributed by atoms with Gasteiger partial charge in [-0.1, -0.05) is 38.8 Å². The summed E-state index contributed by atoms with van der Waals surface area (Å²) in [7, 11) is 4.10. The van der Waals surface area contributed by atoms with Gasteiger partial charge in [-0.25, -0.2) is 4.58 Å². The summed E-state index contributed by atoms with van der Waals surface area (Å²) in [5.74, 6) is -0.178. The number of hydrogen-bond donors (Lipinski definition) is 2. The molecule has 1 saturated carbocycles. The fraction of sp³-hybridized carbons (Fsp3) is 0.541. The normalized spacial score (nSPS) is 17.2. The van der Waals surface area contributed by atoms with Gasteiger partial charge < -0.3 is 10.6 Å². The van der Waals surface area contributed by atoms with Crippen LogP contribution in [0.5, 0.6) is 0 Å². The molecule has 1 fully saturated rings.